The van der Waals surface area contributed by atoms with Crippen LogP contribution in [-0.2, 0) is 4.74 Å². The summed E-state index contributed by atoms with van der Waals surface area (Å²) in [6.45, 7) is 4.82. The summed E-state index contributed by atoms with van der Waals surface area (Å²) in [7, 11) is 1.59. The Morgan fingerprint density at radius 2 is 2.06 bits per heavy atom. The van der Waals surface area contributed by atoms with E-state index in [4.69, 9.17) is 9.47 Å². The number of piperidine rings is 1. The Kier molecular flexibility index (Phi) is 5.84. The van der Waals surface area contributed by atoms with Crippen molar-refractivity contribution in [1.82, 2.24) is 20.4 Å². The molecule has 0 spiro atoms. The number of benzene rings is 1. The van der Waals surface area contributed by atoms with Crippen molar-refractivity contribution in [3.05, 3.63) is 28.6 Å². The molecule has 2 aliphatic rings. The van der Waals surface area contributed by atoms with Crippen LogP contribution in [0.1, 0.15) is 24.0 Å². The predicted molar refractivity (Wildman–Crippen MR) is 119 cm³/mol. The molecule has 2 saturated heterocycles. The number of morpholine rings is 1. The Morgan fingerprint density at radius 1 is 1.19 bits per heavy atom. The molecule has 164 valence electrons. The molecule has 2 aliphatic heterocycles. The number of thiazole rings is 1. The number of aromatic nitrogens is 4. The summed E-state index contributed by atoms with van der Waals surface area (Å²) in [5.74, 6) is 1.45. The molecule has 0 saturated carbocycles. The van der Waals surface area contributed by atoms with Crippen LogP contribution >= 0.6 is 11.3 Å². The first-order chi connectivity index (χ1) is 15.2. The fourth-order valence-electron chi connectivity index (χ4n) is 4.37. The van der Waals surface area contributed by atoms with Crippen molar-refractivity contribution in [3.8, 4) is 5.88 Å². The van der Waals surface area contributed by atoms with Gasteiger partial charge in [0.1, 0.15) is 16.6 Å². The molecular weight excluding hydrogens is 416 g/mol. The molecule has 5 rings (SSSR count). The molecule has 0 radical (unpaired) electrons. The molecule has 1 N–H and O–H groups in total. The summed E-state index contributed by atoms with van der Waals surface area (Å²) >= 11 is 1.43. The summed E-state index contributed by atoms with van der Waals surface area (Å²) < 4.78 is 10.6. The number of hydrogen-bond donors (Lipinski definition) is 1. The van der Waals surface area contributed by atoms with Crippen LogP contribution in [0.15, 0.2) is 23.6 Å². The lowest BCUT2D eigenvalue weighted by atomic mass is 9.92. The van der Waals surface area contributed by atoms with E-state index >= 15 is 0 Å². The third-order valence-electron chi connectivity index (χ3n) is 6.06. The van der Waals surface area contributed by atoms with E-state index in [2.05, 4.69) is 48.4 Å². The number of fused-ring (bicyclic) bond motifs is 1. The van der Waals surface area contributed by atoms with Crippen LogP contribution in [0.25, 0.3) is 10.9 Å². The van der Waals surface area contributed by atoms with Gasteiger partial charge in [-0.05, 0) is 36.3 Å². The van der Waals surface area contributed by atoms with Crippen LogP contribution < -0.4 is 14.5 Å². The summed E-state index contributed by atoms with van der Waals surface area (Å²) in [6.07, 6.45) is 1.30. The lowest BCUT2D eigenvalue weighted by molar-refractivity contribution is 0.0973. The largest absolute Gasteiger partial charge is 0.480 e. The molecule has 4 heterocycles. The van der Waals surface area contributed by atoms with Crippen molar-refractivity contribution in [3.63, 3.8) is 0 Å². The second kappa shape index (κ2) is 8.89. The lowest BCUT2D eigenvalue weighted by Crippen LogP contribution is -2.38. The van der Waals surface area contributed by atoms with E-state index in [-0.39, 0.29) is 5.92 Å². The molecule has 0 bridgehead atoms. The van der Waals surface area contributed by atoms with Gasteiger partial charge in [0.15, 0.2) is 5.82 Å². The van der Waals surface area contributed by atoms with Gasteiger partial charge >= 0.3 is 0 Å². The first kappa shape index (κ1) is 20.3. The molecule has 0 aliphatic carbocycles. The molecule has 3 aromatic rings. The average Bonchev–Trinajstić information content (AvgIpc) is 3.33. The standard InChI is InChI=1S/C21H26N6O3S/c1-29-18-13-31-21(22-18)19(28)14-3-2-6-27(12-14)20-16-5-4-15(11-17(16)23-25-24-20)26-7-9-30-10-8-26/h4-5,11,13-14,19,28H,2-3,6-10,12H2,1H3/t14-,19-/m0/s1. The highest BCUT2D eigenvalue weighted by molar-refractivity contribution is 7.09. The first-order valence-electron chi connectivity index (χ1n) is 10.6. The normalized spacial score (nSPS) is 20.8. The van der Waals surface area contributed by atoms with Crippen molar-refractivity contribution >= 4 is 33.7 Å². The van der Waals surface area contributed by atoms with Gasteiger partial charge in [0, 0.05) is 43.2 Å². The monoisotopic (exact) mass is 442 g/mol. The minimum atomic E-state index is -0.620. The van der Waals surface area contributed by atoms with Crippen molar-refractivity contribution in [1.29, 1.82) is 0 Å². The van der Waals surface area contributed by atoms with Gasteiger partial charge in [-0.1, -0.05) is 0 Å². The van der Waals surface area contributed by atoms with E-state index in [9.17, 15) is 5.11 Å². The van der Waals surface area contributed by atoms with Gasteiger partial charge in [-0.3, -0.25) is 0 Å². The maximum atomic E-state index is 10.9. The number of methoxy groups -OCH3 is 1. The number of hydrogen-bond acceptors (Lipinski definition) is 10. The SMILES string of the molecule is COc1csc([C@@H](O)[C@H]2CCCN(c3nnnc4cc(N5CCOCC5)ccc34)C2)n1. The van der Waals surface area contributed by atoms with E-state index in [1.165, 1.54) is 11.3 Å². The zero-order chi connectivity index (χ0) is 21.2. The Balaban J connectivity index is 1.38. The van der Waals surface area contributed by atoms with Crippen molar-refractivity contribution in [2.24, 2.45) is 5.92 Å². The molecule has 31 heavy (non-hydrogen) atoms. The number of anilines is 2. The van der Waals surface area contributed by atoms with E-state index in [1.807, 2.05) is 5.38 Å². The fraction of sp³-hybridized carbons (Fsp3) is 0.524. The Labute approximate surface area is 184 Å². The second-order valence-electron chi connectivity index (χ2n) is 7.94. The van der Waals surface area contributed by atoms with Crippen molar-refractivity contribution < 1.29 is 14.6 Å². The molecule has 10 heteroatoms. The van der Waals surface area contributed by atoms with Crippen molar-refractivity contribution in [2.75, 3.05) is 56.3 Å². The highest BCUT2D eigenvalue weighted by Gasteiger charge is 2.30. The highest BCUT2D eigenvalue weighted by atomic mass is 32.1. The third-order valence-corrected chi connectivity index (χ3v) is 6.95. The zero-order valence-electron chi connectivity index (χ0n) is 17.5. The summed E-state index contributed by atoms with van der Waals surface area (Å²) in [5, 5.41) is 27.1. The van der Waals surface area contributed by atoms with Crippen LogP contribution in [0.4, 0.5) is 11.5 Å². The van der Waals surface area contributed by atoms with Gasteiger partial charge < -0.3 is 24.4 Å². The van der Waals surface area contributed by atoms with E-state index < -0.39 is 6.10 Å². The van der Waals surface area contributed by atoms with Gasteiger partial charge in [0.05, 0.1) is 25.7 Å². The van der Waals surface area contributed by atoms with Gasteiger partial charge in [-0.15, -0.1) is 21.5 Å². The quantitative estimate of drug-likeness (QED) is 0.638. The smallest absolute Gasteiger partial charge is 0.224 e. The third kappa shape index (κ3) is 4.15. The molecule has 2 atom stereocenters. The molecule has 1 aromatic carbocycles. The highest BCUT2D eigenvalue weighted by Crippen LogP contribution is 2.35. The van der Waals surface area contributed by atoms with Crippen LogP contribution in [0.5, 0.6) is 5.88 Å². The Bertz CT molecular complexity index is 1040. The number of aliphatic hydroxyl groups is 1. The van der Waals surface area contributed by atoms with Crippen LogP contribution in [0.2, 0.25) is 0 Å². The van der Waals surface area contributed by atoms with Crippen LogP contribution in [-0.4, -0.2) is 72.0 Å². The number of nitrogens with zero attached hydrogens (tertiary/aromatic N) is 6. The van der Waals surface area contributed by atoms with Gasteiger partial charge in [0.2, 0.25) is 5.88 Å². The van der Waals surface area contributed by atoms with E-state index in [0.29, 0.717) is 17.4 Å². The van der Waals surface area contributed by atoms with Gasteiger partial charge in [0.25, 0.3) is 0 Å². The predicted octanol–water partition coefficient (Wildman–Crippen LogP) is 2.28. The van der Waals surface area contributed by atoms with Crippen LogP contribution in [0, 0.1) is 5.92 Å². The minimum Gasteiger partial charge on any atom is -0.480 e. The van der Waals surface area contributed by atoms with Gasteiger partial charge in [-0.2, -0.15) is 0 Å². The number of rotatable bonds is 5. The second-order valence-corrected chi connectivity index (χ2v) is 8.82. The molecule has 2 fully saturated rings. The van der Waals surface area contributed by atoms with Crippen molar-refractivity contribution in [2.45, 2.75) is 18.9 Å². The fourth-order valence-corrected chi connectivity index (χ4v) is 5.22. The van der Waals surface area contributed by atoms with E-state index in [1.54, 1.807) is 7.11 Å². The Hall–Kier alpha value is -2.56. The first-order valence-corrected chi connectivity index (χ1v) is 11.5. The average molecular weight is 443 g/mol. The molecule has 9 nitrogen and oxygen atoms in total. The van der Waals surface area contributed by atoms with Crippen LogP contribution in [0.3, 0.4) is 0 Å². The molecule has 2 aromatic heterocycles. The van der Waals surface area contributed by atoms with Gasteiger partial charge in [-0.25, -0.2) is 4.98 Å². The maximum Gasteiger partial charge on any atom is 0.224 e. The minimum absolute atomic E-state index is 0.0715. The number of aliphatic hydroxyl groups excluding tert-OH is 1. The molecule has 0 unspecified atom stereocenters. The molecule has 0 amide bonds. The lowest BCUT2D eigenvalue weighted by Gasteiger charge is -2.35. The maximum absolute atomic E-state index is 10.9. The summed E-state index contributed by atoms with van der Waals surface area (Å²) in [4.78, 5) is 8.90. The Morgan fingerprint density at radius 3 is 2.87 bits per heavy atom. The van der Waals surface area contributed by atoms with E-state index in [0.717, 1.165) is 68.1 Å². The number of ether oxygens (including phenoxy) is 2. The summed E-state index contributed by atoms with van der Waals surface area (Å²) in [6, 6.07) is 6.29. The zero-order valence-corrected chi connectivity index (χ0v) is 18.3. The summed E-state index contributed by atoms with van der Waals surface area (Å²) in [5.41, 5.74) is 1.97. The molecular formula is C21H26N6O3S. The topological polar surface area (TPSA) is 96.7 Å².